The van der Waals surface area contributed by atoms with Crippen LogP contribution in [0.15, 0.2) is 65.3 Å². The number of nitrogens with zero attached hydrogens (tertiary/aromatic N) is 4. The average Bonchev–Trinajstić information content (AvgIpc) is 3.52. The van der Waals surface area contributed by atoms with Crippen molar-refractivity contribution >= 4 is 11.1 Å². The second-order valence-corrected chi connectivity index (χ2v) is 10.1. The molecule has 0 radical (unpaired) electrons. The minimum Gasteiger partial charge on any atom is -0.435 e. The number of ether oxygens (including phenoxy) is 1. The van der Waals surface area contributed by atoms with E-state index in [2.05, 4.69) is 20.5 Å². The molecule has 0 bridgehead atoms. The smallest absolute Gasteiger partial charge is 0.420 e. The van der Waals surface area contributed by atoms with Gasteiger partial charge < -0.3 is 19.0 Å². The summed E-state index contributed by atoms with van der Waals surface area (Å²) >= 11 is 0. The molecule has 7 nitrogen and oxygen atoms in total. The quantitative estimate of drug-likeness (QED) is 0.237. The summed E-state index contributed by atoms with van der Waals surface area (Å²) in [5.41, 5.74) is 0.138. The first-order valence-electron chi connectivity index (χ1n) is 12.7. The van der Waals surface area contributed by atoms with E-state index in [4.69, 9.17) is 9.15 Å². The number of benzene rings is 3. The number of alkyl halides is 3. The first-order chi connectivity index (χ1) is 19.1. The number of nitrogens with one attached hydrogen (secondary N) is 1. The van der Waals surface area contributed by atoms with Crippen molar-refractivity contribution in [1.29, 1.82) is 0 Å². The van der Waals surface area contributed by atoms with Gasteiger partial charge in [0.15, 0.2) is 11.4 Å². The van der Waals surface area contributed by atoms with Crippen LogP contribution in [0, 0.1) is 5.82 Å². The van der Waals surface area contributed by atoms with Crippen molar-refractivity contribution in [2.24, 2.45) is 7.05 Å². The maximum absolute atomic E-state index is 15.6. The molecule has 11 heteroatoms. The molecule has 0 aliphatic carbocycles. The maximum Gasteiger partial charge on any atom is 0.420 e. The van der Waals surface area contributed by atoms with Gasteiger partial charge in [0, 0.05) is 32.1 Å². The highest BCUT2D eigenvalue weighted by atomic mass is 19.4. The molecule has 0 saturated carbocycles. The Labute approximate surface area is 226 Å². The van der Waals surface area contributed by atoms with Crippen molar-refractivity contribution in [3.05, 3.63) is 77.9 Å². The Morgan fingerprint density at radius 2 is 1.85 bits per heavy atom. The number of hydrogen-bond donors (Lipinski definition) is 1. The second-order valence-electron chi connectivity index (χ2n) is 10.1. The van der Waals surface area contributed by atoms with Gasteiger partial charge in [0.05, 0.1) is 17.8 Å². The predicted molar refractivity (Wildman–Crippen MR) is 141 cm³/mol. The van der Waals surface area contributed by atoms with E-state index in [0.29, 0.717) is 35.7 Å². The summed E-state index contributed by atoms with van der Waals surface area (Å²) in [4.78, 5) is 4.38. The number of oxazole rings is 1. The number of halogens is 4. The second kappa shape index (κ2) is 9.83. The number of rotatable bonds is 7. The summed E-state index contributed by atoms with van der Waals surface area (Å²) in [5.74, 6) is -0.689. The molecule has 5 aromatic rings. The molecule has 1 aliphatic rings. The number of hydrogen-bond acceptors (Lipinski definition) is 6. The number of aromatic nitrogens is 4. The molecule has 1 aliphatic heterocycles. The molecule has 3 heterocycles. The van der Waals surface area contributed by atoms with Crippen molar-refractivity contribution in [3.8, 4) is 34.0 Å². The maximum atomic E-state index is 15.6. The Hall–Kier alpha value is -4.09. The number of fused-ring (bicyclic) bond motifs is 1. The monoisotopic (exact) mass is 551 g/mol. The van der Waals surface area contributed by atoms with Crippen LogP contribution in [0.1, 0.15) is 24.5 Å². The molecule has 1 saturated heterocycles. The molecule has 40 heavy (non-hydrogen) atoms. The molecule has 1 atom stereocenters. The van der Waals surface area contributed by atoms with Crippen molar-refractivity contribution in [1.82, 2.24) is 25.1 Å². The molecule has 0 amide bonds. The Bertz CT molecular complexity index is 1690. The van der Waals surface area contributed by atoms with Crippen LogP contribution in [0.2, 0.25) is 0 Å². The third kappa shape index (κ3) is 4.75. The topological polar surface area (TPSA) is 78.0 Å². The first-order valence-corrected chi connectivity index (χ1v) is 12.7. The van der Waals surface area contributed by atoms with Crippen LogP contribution in [0.5, 0.6) is 0 Å². The molecule has 6 rings (SSSR count). The van der Waals surface area contributed by atoms with Gasteiger partial charge in [-0.05, 0) is 41.8 Å². The van der Waals surface area contributed by atoms with Gasteiger partial charge in [-0.1, -0.05) is 36.4 Å². The molecule has 0 spiro atoms. The van der Waals surface area contributed by atoms with E-state index in [0.717, 1.165) is 18.1 Å². The van der Waals surface area contributed by atoms with Crippen LogP contribution < -0.4 is 5.32 Å². The van der Waals surface area contributed by atoms with Crippen molar-refractivity contribution in [2.75, 3.05) is 13.2 Å². The largest absolute Gasteiger partial charge is 0.435 e. The molecule has 206 valence electrons. The predicted octanol–water partition coefficient (Wildman–Crippen LogP) is 6.38. The minimum absolute atomic E-state index is 0.0267. The van der Waals surface area contributed by atoms with Gasteiger partial charge in [-0.3, -0.25) is 0 Å². The lowest BCUT2D eigenvalue weighted by Crippen LogP contribution is -2.48. The zero-order valence-corrected chi connectivity index (χ0v) is 21.7. The zero-order chi connectivity index (χ0) is 28.1. The summed E-state index contributed by atoms with van der Waals surface area (Å²) in [6.07, 6.45) is -2.38. The molecule has 1 fully saturated rings. The summed E-state index contributed by atoms with van der Waals surface area (Å²) in [6, 6.07) is 14.6. The highest BCUT2D eigenvalue weighted by molar-refractivity contribution is 5.92. The van der Waals surface area contributed by atoms with Gasteiger partial charge in [0.2, 0.25) is 5.89 Å². The average molecular weight is 552 g/mol. The van der Waals surface area contributed by atoms with Gasteiger partial charge in [0.25, 0.3) is 0 Å². The number of aryl methyl sites for hydroxylation is 1. The van der Waals surface area contributed by atoms with E-state index < -0.39 is 23.1 Å². The fourth-order valence-corrected chi connectivity index (χ4v) is 4.96. The highest BCUT2D eigenvalue weighted by Gasteiger charge is 2.37. The minimum atomic E-state index is -4.72. The van der Waals surface area contributed by atoms with Gasteiger partial charge in [-0.15, -0.1) is 10.2 Å². The van der Waals surface area contributed by atoms with Crippen LogP contribution in [-0.2, 0) is 24.5 Å². The van der Waals surface area contributed by atoms with Crippen LogP contribution >= 0.6 is 0 Å². The van der Waals surface area contributed by atoms with E-state index in [1.807, 2.05) is 37.3 Å². The Morgan fingerprint density at radius 3 is 2.50 bits per heavy atom. The van der Waals surface area contributed by atoms with E-state index >= 15 is 4.39 Å². The van der Waals surface area contributed by atoms with Gasteiger partial charge in [-0.25, -0.2) is 9.37 Å². The molecular weight excluding hydrogens is 526 g/mol. The van der Waals surface area contributed by atoms with E-state index in [-0.39, 0.29) is 29.1 Å². The summed E-state index contributed by atoms with van der Waals surface area (Å²) in [5, 5.41) is 11.3. The van der Waals surface area contributed by atoms with Crippen molar-refractivity contribution < 1.29 is 26.7 Å². The molecular formula is C29H25F4N5O2. The summed E-state index contributed by atoms with van der Waals surface area (Å²) in [6.45, 7) is 3.28. The standard InChI is InChI=1S/C29H25F4N5O2/c1-28(10-11-39-28)15-34-14-17-12-20(29(31,32)33)25-22(13-17)36-27(40-25)24-21(30)9-8-19(18-6-4-3-5-7-18)23(24)26-37-35-16-38(26)2/h3-9,12-13,16,34H,10-11,14-15H2,1-2H3/t28-/m1/s1. The Balaban J connectivity index is 1.51. The fourth-order valence-electron chi connectivity index (χ4n) is 4.96. The van der Waals surface area contributed by atoms with Crippen LogP contribution in [0.25, 0.3) is 45.1 Å². The van der Waals surface area contributed by atoms with Gasteiger partial charge in [-0.2, -0.15) is 13.2 Å². The molecule has 1 N–H and O–H groups in total. The van der Waals surface area contributed by atoms with Crippen molar-refractivity contribution in [2.45, 2.75) is 31.7 Å². The fraction of sp³-hybridized carbons (Fsp3) is 0.276. The normalized spacial score (nSPS) is 17.4. The third-order valence-corrected chi connectivity index (χ3v) is 7.15. The lowest BCUT2D eigenvalue weighted by atomic mass is 9.94. The Morgan fingerprint density at radius 1 is 1.07 bits per heavy atom. The highest BCUT2D eigenvalue weighted by Crippen LogP contribution is 2.43. The lowest BCUT2D eigenvalue weighted by molar-refractivity contribution is -0.137. The van der Waals surface area contributed by atoms with Crippen molar-refractivity contribution in [3.63, 3.8) is 0 Å². The van der Waals surface area contributed by atoms with Crippen LogP contribution in [-0.4, -0.2) is 38.5 Å². The van der Waals surface area contributed by atoms with Gasteiger partial charge >= 0.3 is 6.18 Å². The van der Waals surface area contributed by atoms with Gasteiger partial charge in [0.1, 0.15) is 23.2 Å². The molecule has 0 unspecified atom stereocenters. The van der Waals surface area contributed by atoms with E-state index in [1.165, 1.54) is 18.5 Å². The molecule has 2 aromatic heterocycles. The zero-order valence-electron chi connectivity index (χ0n) is 21.7. The SMILES string of the molecule is Cn1cnnc1-c1c(-c2ccccc2)ccc(F)c1-c1nc2cc(CNC[C@@]3(C)CCO3)cc(C(F)(F)F)c2o1. The van der Waals surface area contributed by atoms with Crippen LogP contribution in [0.3, 0.4) is 0 Å². The van der Waals surface area contributed by atoms with Crippen LogP contribution in [0.4, 0.5) is 17.6 Å². The molecule has 3 aromatic carbocycles. The third-order valence-electron chi connectivity index (χ3n) is 7.15. The summed E-state index contributed by atoms with van der Waals surface area (Å²) in [7, 11) is 1.70. The lowest BCUT2D eigenvalue weighted by Gasteiger charge is -2.38. The van der Waals surface area contributed by atoms with E-state index in [9.17, 15) is 13.2 Å². The Kier molecular flexibility index (Phi) is 6.42. The van der Waals surface area contributed by atoms with E-state index in [1.54, 1.807) is 17.7 Å². The summed E-state index contributed by atoms with van der Waals surface area (Å²) < 4.78 is 71.0. The first kappa shape index (κ1) is 26.1.